The van der Waals surface area contributed by atoms with Crippen molar-refractivity contribution in [2.24, 2.45) is 0 Å². The summed E-state index contributed by atoms with van der Waals surface area (Å²) in [4.78, 5) is 11.5. The smallest absolute Gasteiger partial charge is 0.322 e. The number of thiophene rings is 1. The first kappa shape index (κ1) is 14.2. The third-order valence-corrected chi connectivity index (χ3v) is 4.92. The number of carbonyl (C=O) groups is 1. The summed E-state index contributed by atoms with van der Waals surface area (Å²) < 4.78 is 29.8. The molecule has 7 heteroatoms. The molecule has 0 saturated carbocycles. The Morgan fingerprint density at radius 1 is 1.41 bits per heavy atom. The van der Waals surface area contributed by atoms with Gasteiger partial charge < -0.3 is 4.74 Å². The van der Waals surface area contributed by atoms with Gasteiger partial charge in [0.15, 0.2) is 23.4 Å². The fourth-order valence-corrected chi connectivity index (χ4v) is 3.63. The highest BCUT2D eigenvalue weighted by Gasteiger charge is 2.25. The van der Waals surface area contributed by atoms with Crippen molar-refractivity contribution in [2.45, 2.75) is 30.6 Å². The zero-order chi connectivity index (χ0) is 13.3. The van der Waals surface area contributed by atoms with Crippen molar-refractivity contribution in [2.75, 3.05) is 5.75 Å². The predicted molar refractivity (Wildman–Crippen MR) is 70.4 cm³/mol. The number of carbonyl (C=O) groups excluding carboxylic acids is 1. The molecule has 0 spiro atoms. The van der Waals surface area contributed by atoms with Gasteiger partial charge >= 0.3 is 5.97 Å². The molecule has 0 amide bonds. The molecule has 1 rings (SSSR count). The number of esters is 1. The van der Waals surface area contributed by atoms with Crippen LogP contribution in [0.5, 0.6) is 0 Å². The Balaban J connectivity index is 2.78. The maximum atomic E-state index is 11.9. The van der Waals surface area contributed by atoms with Crippen LogP contribution in [0.1, 0.15) is 20.8 Å². The van der Waals surface area contributed by atoms with Gasteiger partial charge in [-0.2, -0.15) is 0 Å². The van der Waals surface area contributed by atoms with Gasteiger partial charge in [0.1, 0.15) is 9.81 Å². The predicted octanol–water partition coefficient (Wildman–Crippen LogP) is 0.122. The van der Waals surface area contributed by atoms with Crippen molar-refractivity contribution in [3.05, 3.63) is 12.1 Å². The standard InChI is InChI=1S/C10H15BO4S2/c1-10(2,3)15-8(12)6-17(13,14)9-5-4-7(11)16-9/h4-5H,6,11H2,1-3H3. The van der Waals surface area contributed by atoms with Gasteiger partial charge in [-0.1, -0.05) is 6.07 Å². The van der Waals surface area contributed by atoms with E-state index in [1.54, 1.807) is 26.8 Å². The lowest BCUT2D eigenvalue weighted by molar-refractivity contribution is -0.151. The zero-order valence-electron chi connectivity index (χ0n) is 10.3. The molecule has 17 heavy (non-hydrogen) atoms. The van der Waals surface area contributed by atoms with E-state index >= 15 is 0 Å². The second-order valence-corrected chi connectivity index (χ2v) is 8.21. The van der Waals surface area contributed by atoms with Gasteiger partial charge in [0, 0.05) is 0 Å². The fourth-order valence-electron chi connectivity index (χ4n) is 1.18. The van der Waals surface area contributed by atoms with E-state index in [9.17, 15) is 13.2 Å². The summed E-state index contributed by atoms with van der Waals surface area (Å²) >= 11 is 1.16. The number of hydrogen-bond donors (Lipinski definition) is 0. The number of ether oxygens (including phenoxy) is 1. The Morgan fingerprint density at radius 2 is 2.00 bits per heavy atom. The van der Waals surface area contributed by atoms with E-state index in [2.05, 4.69) is 0 Å². The normalized spacial score (nSPS) is 12.4. The van der Waals surface area contributed by atoms with Gasteiger partial charge in [-0.15, -0.1) is 11.3 Å². The van der Waals surface area contributed by atoms with Crippen molar-refractivity contribution < 1.29 is 17.9 Å². The van der Waals surface area contributed by atoms with Crippen molar-refractivity contribution in [1.29, 1.82) is 0 Å². The molecule has 94 valence electrons. The third-order valence-electron chi connectivity index (χ3n) is 1.75. The summed E-state index contributed by atoms with van der Waals surface area (Å²) in [7, 11) is -1.75. The number of sulfone groups is 1. The molecule has 1 heterocycles. The van der Waals surface area contributed by atoms with E-state index in [1.807, 2.05) is 7.85 Å². The monoisotopic (exact) mass is 274 g/mol. The number of hydrogen-bond acceptors (Lipinski definition) is 5. The maximum Gasteiger partial charge on any atom is 0.322 e. The molecule has 0 aliphatic heterocycles. The fraction of sp³-hybridized carbons (Fsp3) is 0.500. The summed E-state index contributed by atoms with van der Waals surface area (Å²) in [5.74, 6) is -1.33. The first-order valence-electron chi connectivity index (χ1n) is 5.11. The minimum atomic E-state index is -3.57. The van der Waals surface area contributed by atoms with Crippen LogP contribution in [0.25, 0.3) is 0 Å². The molecular formula is C10H15BO4S2. The first-order valence-corrected chi connectivity index (χ1v) is 7.58. The third kappa shape index (κ3) is 4.51. The zero-order valence-corrected chi connectivity index (χ0v) is 11.9. The summed E-state index contributed by atoms with van der Waals surface area (Å²) in [6, 6.07) is 3.23. The second-order valence-electron chi connectivity index (χ2n) is 4.71. The van der Waals surface area contributed by atoms with Gasteiger partial charge in [-0.05, 0) is 31.6 Å². The molecule has 0 aromatic carbocycles. The highest BCUT2D eigenvalue weighted by atomic mass is 32.2. The molecule has 0 bridgehead atoms. The van der Waals surface area contributed by atoms with Gasteiger partial charge in [0.2, 0.25) is 0 Å². The SMILES string of the molecule is Bc1ccc(S(=O)(=O)CC(=O)OC(C)(C)C)s1. The Labute approximate surface area is 106 Å². The molecule has 0 radical (unpaired) electrons. The van der Waals surface area contributed by atoms with E-state index in [0.717, 1.165) is 16.1 Å². The van der Waals surface area contributed by atoms with E-state index < -0.39 is 27.2 Å². The van der Waals surface area contributed by atoms with Gasteiger partial charge in [-0.25, -0.2) is 8.42 Å². The molecule has 1 aromatic heterocycles. The Kier molecular flexibility index (Phi) is 4.04. The van der Waals surface area contributed by atoms with Crippen molar-refractivity contribution in [3.8, 4) is 0 Å². The van der Waals surface area contributed by atoms with Crippen molar-refractivity contribution >= 4 is 39.8 Å². The van der Waals surface area contributed by atoms with Crippen LogP contribution in [0, 0.1) is 0 Å². The van der Waals surface area contributed by atoms with Crippen LogP contribution >= 0.6 is 11.3 Å². The quantitative estimate of drug-likeness (QED) is 0.580. The average Bonchev–Trinajstić information content (AvgIpc) is 2.46. The van der Waals surface area contributed by atoms with Gasteiger partial charge in [0.25, 0.3) is 0 Å². The lowest BCUT2D eigenvalue weighted by Gasteiger charge is -2.19. The lowest BCUT2D eigenvalue weighted by atomic mass is 10.1. The van der Waals surface area contributed by atoms with Crippen LogP contribution in [0.3, 0.4) is 0 Å². The molecule has 0 aliphatic rings. The molecule has 0 aliphatic carbocycles. The van der Waals surface area contributed by atoms with Crippen molar-refractivity contribution in [3.63, 3.8) is 0 Å². The molecule has 4 nitrogen and oxygen atoms in total. The van der Waals surface area contributed by atoms with Crippen LogP contribution in [0.15, 0.2) is 16.3 Å². The average molecular weight is 274 g/mol. The van der Waals surface area contributed by atoms with Crippen LogP contribution < -0.4 is 4.78 Å². The molecule has 0 saturated heterocycles. The van der Waals surface area contributed by atoms with Crippen LogP contribution in [0.4, 0.5) is 0 Å². The minimum absolute atomic E-state index is 0.209. The first-order chi connectivity index (χ1) is 7.60. The molecular weight excluding hydrogens is 259 g/mol. The van der Waals surface area contributed by atoms with E-state index in [0.29, 0.717) is 0 Å². The van der Waals surface area contributed by atoms with Crippen LogP contribution in [-0.4, -0.2) is 33.6 Å². The summed E-state index contributed by atoms with van der Waals surface area (Å²) in [6.07, 6.45) is 0. The van der Waals surface area contributed by atoms with Crippen LogP contribution in [0.2, 0.25) is 0 Å². The molecule has 0 atom stereocenters. The highest BCUT2D eigenvalue weighted by Crippen LogP contribution is 2.17. The van der Waals surface area contributed by atoms with Crippen molar-refractivity contribution in [1.82, 2.24) is 0 Å². The Morgan fingerprint density at radius 3 is 2.41 bits per heavy atom. The lowest BCUT2D eigenvalue weighted by Crippen LogP contribution is -2.28. The highest BCUT2D eigenvalue weighted by molar-refractivity contribution is 7.94. The Bertz CT molecular complexity index is 511. The van der Waals surface area contributed by atoms with E-state index in [4.69, 9.17) is 4.74 Å². The molecule has 1 aromatic rings. The van der Waals surface area contributed by atoms with Gasteiger partial charge in [0.05, 0.1) is 0 Å². The minimum Gasteiger partial charge on any atom is -0.459 e. The second kappa shape index (κ2) is 4.82. The topological polar surface area (TPSA) is 60.4 Å². The Hall–Kier alpha value is -0.815. The number of rotatable bonds is 3. The van der Waals surface area contributed by atoms with Gasteiger partial charge in [-0.3, -0.25) is 4.79 Å². The molecule has 0 fully saturated rings. The molecule has 0 N–H and O–H groups in total. The summed E-state index contributed by atoms with van der Waals surface area (Å²) in [6.45, 7) is 5.10. The summed E-state index contributed by atoms with van der Waals surface area (Å²) in [5.41, 5.74) is -0.669. The maximum absolute atomic E-state index is 11.9. The summed E-state index contributed by atoms with van der Waals surface area (Å²) in [5, 5.41) is 0. The van der Waals surface area contributed by atoms with E-state index in [1.165, 1.54) is 6.07 Å². The molecule has 0 unspecified atom stereocenters. The van der Waals surface area contributed by atoms with Crippen LogP contribution in [-0.2, 0) is 19.4 Å². The van der Waals surface area contributed by atoms with E-state index in [-0.39, 0.29) is 4.21 Å². The largest absolute Gasteiger partial charge is 0.459 e.